The molecule has 5 nitrogen and oxygen atoms in total. The molecule has 2 rings (SSSR count). The van der Waals surface area contributed by atoms with Gasteiger partial charge < -0.3 is 4.74 Å². The van der Waals surface area contributed by atoms with Crippen LogP contribution in [0.25, 0.3) is 0 Å². The minimum absolute atomic E-state index is 0.277. The number of aromatic nitrogens is 3. The van der Waals surface area contributed by atoms with Crippen molar-refractivity contribution in [2.45, 2.75) is 0 Å². The third kappa shape index (κ3) is 2.20. The van der Waals surface area contributed by atoms with Crippen molar-refractivity contribution in [1.82, 2.24) is 14.8 Å². The first kappa shape index (κ1) is 10.6. The van der Waals surface area contributed by atoms with Gasteiger partial charge in [0.25, 0.3) is 0 Å². The number of aryl methyl sites for hydroxylation is 1. The molecule has 0 bridgehead atoms. The van der Waals surface area contributed by atoms with Gasteiger partial charge in [-0.15, -0.1) is 5.10 Å². The van der Waals surface area contributed by atoms with Gasteiger partial charge in [-0.2, -0.15) is 10.2 Å². The van der Waals surface area contributed by atoms with Crippen LogP contribution in [0.15, 0.2) is 29.0 Å². The van der Waals surface area contributed by atoms with Crippen molar-refractivity contribution in [2.75, 3.05) is 0 Å². The van der Waals surface area contributed by atoms with E-state index in [0.29, 0.717) is 15.8 Å². The van der Waals surface area contributed by atoms with Crippen molar-refractivity contribution in [3.63, 3.8) is 0 Å². The Morgan fingerprint density at radius 1 is 1.50 bits per heavy atom. The Kier molecular flexibility index (Phi) is 2.88. The summed E-state index contributed by atoms with van der Waals surface area (Å²) in [6.45, 7) is 0. The van der Waals surface area contributed by atoms with Crippen molar-refractivity contribution in [3.8, 4) is 17.8 Å². The topological polar surface area (TPSA) is 63.7 Å². The zero-order valence-corrected chi connectivity index (χ0v) is 9.97. The fourth-order valence-corrected chi connectivity index (χ4v) is 1.57. The van der Waals surface area contributed by atoms with E-state index >= 15 is 0 Å². The molecule has 0 atom stereocenters. The third-order valence-corrected chi connectivity index (χ3v) is 2.50. The first-order valence-corrected chi connectivity index (χ1v) is 5.21. The zero-order chi connectivity index (χ0) is 11.5. The summed E-state index contributed by atoms with van der Waals surface area (Å²) in [7, 11) is 1.76. The predicted octanol–water partition coefficient (Wildman–Crippen LogP) is 2.24. The Hall–Kier alpha value is -1.87. The van der Waals surface area contributed by atoms with E-state index in [1.165, 1.54) is 0 Å². The fraction of sp³-hybridized carbons (Fsp3) is 0.100. The molecule has 0 spiro atoms. The molecule has 1 heterocycles. The number of halogens is 1. The molecule has 2 aromatic rings. The highest BCUT2D eigenvalue weighted by Gasteiger charge is 2.05. The van der Waals surface area contributed by atoms with Gasteiger partial charge in [-0.1, -0.05) is 0 Å². The highest BCUT2D eigenvalue weighted by molar-refractivity contribution is 9.10. The number of nitriles is 1. The van der Waals surface area contributed by atoms with E-state index in [1.54, 1.807) is 36.3 Å². The summed E-state index contributed by atoms with van der Waals surface area (Å²) in [4.78, 5) is 3.93. The van der Waals surface area contributed by atoms with Crippen LogP contribution in [0.3, 0.4) is 0 Å². The normalized spacial score (nSPS) is 9.81. The lowest BCUT2D eigenvalue weighted by Gasteiger charge is -2.01. The molecule has 0 unspecified atom stereocenters. The summed E-state index contributed by atoms with van der Waals surface area (Å²) in [5, 5.41) is 12.7. The van der Waals surface area contributed by atoms with Crippen LogP contribution in [0.2, 0.25) is 0 Å². The Bertz CT molecular complexity index is 558. The molecule has 16 heavy (non-hydrogen) atoms. The van der Waals surface area contributed by atoms with Gasteiger partial charge in [0, 0.05) is 11.5 Å². The lowest BCUT2D eigenvalue weighted by molar-refractivity contribution is 0.438. The summed E-state index contributed by atoms with van der Waals surface area (Å²) >= 11 is 3.28. The molecular formula is C10H7BrN4O. The van der Waals surface area contributed by atoms with Crippen molar-refractivity contribution in [3.05, 3.63) is 34.6 Å². The average Bonchev–Trinajstić information content (AvgIpc) is 2.64. The minimum atomic E-state index is 0.277. The lowest BCUT2D eigenvalue weighted by atomic mass is 10.2. The van der Waals surface area contributed by atoms with Crippen LogP contribution in [0.5, 0.6) is 11.8 Å². The molecule has 0 saturated carbocycles. The van der Waals surface area contributed by atoms with Gasteiger partial charge in [-0.25, -0.2) is 0 Å². The van der Waals surface area contributed by atoms with Crippen LogP contribution in [0, 0.1) is 11.3 Å². The number of rotatable bonds is 2. The Morgan fingerprint density at radius 2 is 2.31 bits per heavy atom. The molecule has 1 aromatic heterocycles. The second-order valence-electron chi connectivity index (χ2n) is 3.06. The summed E-state index contributed by atoms with van der Waals surface area (Å²) in [6, 6.07) is 7.40. The summed E-state index contributed by atoms with van der Waals surface area (Å²) in [5.74, 6) is 0.581. The third-order valence-electron chi connectivity index (χ3n) is 1.85. The van der Waals surface area contributed by atoms with Crippen molar-refractivity contribution in [2.24, 2.45) is 7.05 Å². The highest BCUT2D eigenvalue weighted by atomic mass is 79.9. The molecular weight excluding hydrogens is 272 g/mol. The molecule has 0 fully saturated rings. The smallest absolute Gasteiger partial charge is 0.340 e. The maximum absolute atomic E-state index is 8.75. The van der Waals surface area contributed by atoms with E-state index < -0.39 is 0 Å². The van der Waals surface area contributed by atoms with E-state index in [2.05, 4.69) is 32.1 Å². The van der Waals surface area contributed by atoms with Crippen LogP contribution < -0.4 is 4.74 Å². The Labute approximate surface area is 100 Å². The van der Waals surface area contributed by atoms with Gasteiger partial charge >= 0.3 is 6.01 Å². The molecule has 0 saturated heterocycles. The SMILES string of the molecule is Cn1cnc(Oc2ccc(C#N)c(Br)c2)n1. The van der Waals surface area contributed by atoms with Crippen molar-refractivity contribution < 1.29 is 4.74 Å². The van der Waals surface area contributed by atoms with Gasteiger partial charge in [-0.3, -0.25) is 4.68 Å². The Balaban J connectivity index is 2.23. The maximum atomic E-state index is 8.75. The maximum Gasteiger partial charge on any atom is 0.340 e. The largest absolute Gasteiger partial charge is 0.423 e. The second-order valence-corrected chi connectivity index (χ2v) is 3.91. The molecule has 6 heteroatoms. The number of ether oxygens (including phenoxy) is 1. The molecule has 1 aromatic carbocycles. The minimum Gasteiger partial charge on any atom is -0.423 e. The van der Waals surface area contributed by atoms with E-state index in [-0.39, 0.29) is 6.01 Å². The first-order valence-electron chi connectivity index (χ1n) is 4.42. The summed E-state index contributed by atoms with van der Waals surface area (Å²) < 4.78 is 7.63. The Morgan fingerprint density at radius 3 is 2.88 bits per heavy atom. The number of benzene rings is 1. The monoisotopic (exact) mass is 278 g/mol. The summed E-state index contributed by atoms with van der Waals surface area (Å²) in [5.41, 5.74) is 0.557. The number of hydrogen-bond donors (Lipinski definition) is 0. The molecule has 0 aliphatic heterocycles. The van der Waals surface area contributed by atoms with Gasteiger partial charge in [0.1, 0.15) is 18.1 Å². The zero-order valence-electron chi connectivity index (χ0n) is 8.38. The van der Waals surface area contributed by atoms with E-state index in [0.717, 1.165) is 0 Å². The molecule has 80 valence electrons. The second kappa shape index (κ2) is 4.33. The molecule has 0 radical (unpaired) electrons. The van der Waals surface area contributed by atoms with Gasteiger partial charge in [0.05, 0.1) is 5.56 Å². The molecule has 0 aliphatic rings. The number of hydrogen-bond acceptors (Lipinski definition) is 4. The predicted molar refractivity (Wildman–Crippen MR) is 59.9 cm³/mol. The highest BCUT2D eigenvalue weighted by Crippen LogP contribution is 2.24. The van der Waals surface area contributed by atoms with Crippen LogP contribution in [0.1, 0.15) is 5.56 Å². The molecule has 0 aliphatic carbocycles. The van der Waals surface area contributed by atoms with Gasteiger partial charge in [0.15, 0.2) is 0 Å². The van der Waals surface area contributed by atoms with Gasteiger partial charge in [-0.05, 0) is 34.1 Å². The lowest BCUT2D eigenvalue weighted by Crippen LogP contribution is -1.90. The van der Waals surface area contributed by atoms with Crippen LogP contribution in [-0.4, -0.2) is 14.8 Å². The van der Waals surface area contributed by atoms with Crippen molar-refractivity contribution in [1.29, 1.82) is 5.26 Å². The van der Waals surface area contributed by atoms with Crippen LogP contribution in [0.4, 0.5) is 0 Å². The average molecular weight is 279 g/mol. The fourth-order valence-electron chi connectivity index (χ4n) is 1.12. The first-order chi connectivity index (χ1) is 7.69. The van der Waals surface area contributed by atoms with E-state index in [1.807, 2.05) is 0 Å². The van der Waals surface area contributed by atoms with E-state index in [9.17, 15) is 0 Å². The van der Waals surface area contributed by atoms with E-state index in [4.69, 9.17) is 10.00 Å². The van der Waals surface area contributed by atoms with Crippen LogP contribution in [-0.2, 0) is 7.05 Å². The molecule has 0 N–H and O–H groups in total. The van der Waals surface area contributed by atoms with Crippen molar-refractivity contribution >= 4 is 15.9 Å². The van der Waals surface area contributed by atoms with Crippen LogP contribution >= 0.6 is 15.9 Å². The van der Waals surface area contributed by atoms with Gasteiger partial charge in [0.2, 0.25) is 0 Å². The molecule has 0 amide bonds. The summed E-state index contributed by atoms with van der Waals surface area (Å²) in [6.07, 6.45) is 1.55. The standard InChI is InChI=1S/C10H7BrN4O/c1-15-6-13-10(14-15)16-8-3-2-7(5-12)9(11)4-8/h2-4,6H,1H3. The quantitative estimate of drug-likeness (QED) is 0.845. The number of nitrogens with zero attached hydrogens (tertiary/aromatic N) is 4.